The summed E-state index contributed by atoms with van der Waals surface area (Å²) in [6.45, 7) is 2.02. The van der Waals surface area contributed by atoms with Crippen LogP contribution in [0.15, 0.2) is 23.1 Å². The van der Waals surface area contributed by atoms with E-state index in [9.17, 15) is 26.8 Å². The van der Waals surface area contributed by atoms with Gasteiger partial charge in [0.1, 0.15) is 0 Å². The molecule has 0 spiro atoms. The van der Waals surface area contributed by atoms with Crippen molar-refractivity contribution in [2.45, 2.75) is 31.2 Å². The van der Waals surface area contributed by atoms with Crippen LogP contribution in [-0.2, 0) is 10.0 Å². The zero-order chi connectivity index (χ0) is 17.5. The summed E-state index contributed by atoms with van der Waals surface area (Å²) in [7, 11) is -2.92. The molecular weight excluding hydrogens is 330 g/mol. The molecule has 0 atom stereocenters. The minimum Gasteiger partial charge on any atom is -0.277 e. The summed E-state index contributed by atoms with van der Waals surface area (Å²) in [4.78, 5) is 24.3. The van der Waals surface area contributed by atoms with Crippen LogP contribution >= 0.6 is 0 Å². The van der Waals surface area contributed by atoms with Gasteiger partial charge in [-0.05, 0) is 32.0 Å². The number of hydrogen-bond donors (Lipinski definition) is 0. The van der Waals surface area contributed by atoms with E-state index in [1.165, 1.54) is 27.0 Å². The Bertz CT molecular complexity index is 762. The van der Waals surface area contributed by atoms with Crippen LogP contribution in [0.25, 0.3) is 0 Å². The number of benzene rings is 1. The van der Waals surface area contributed by atoms with Gasteiger partial charge < -0.3 is 0 Å². The fourth-order valence-corrected chi connectivity index (χ4v) is 4.00. The first-order valence-corrected chi connectivity index (χ1v) is 8.27. The summed E-state index contributed by atoms with van der Waals surface area (Å²) in [6.07, 6.45) is -2.82. The van der Waals surface area contributed by atoms with E-state index >= 15 is 0 Å². The maximum Gasteiger partial charge on any atom is 0.261 e. The number of hydrogen-bond acceptors (Lipinski definition) is 4. The largest absolute Gasteiger partial charge is 0.277 e. The van der Waals surface area contributed by atoms with Crippen LogP contribution < -0.4 is 0 Å². The third-order valence-electron chi connectivity index (χ3n) is 3.56. The molecule has 23 heavy (non-hydrogen) atoms. The number of carbonyl (C=O) groups is 2. The molecule has 0 aromatic heterocycles. The third kappa shape index (κ3) is 2.98. The van der Waals surface area contributed by atoms with Crippen molar-refractivity contribution in [1.82, 2.24) is 9.21 Å². The molecule has 1 heterocycles. The van der Waals surface area contributed by atoms with Crippen molar-refractivity contribution in [3.8, 4) is 0 Å². The van der Waals surface area contributed by atoms with E-state index in [1.54, 1.807) is 0 Å². The second-order valence-electron chi connectivity index (χ2n) is 5.44. The average molecular weight is 346 g/mol. The summed E-state index contributed by atoms with van der Waals surface area (Å²) < 4.78 is 51.1. The Morgan fingerprint density at radius 1 is 1.13 bits per heavy atom. The predicted molar refractivity (Wildman–Crippen MR) is 77.9 cm³/mol. The van der Waals surface area contributed by atoms with Crippen LogP contribution in [0.3, 0.4) is 0 Å². The van der Waals surface area contributed by atoms with Crippen LogP contribution in [0.2, 0.25) is 0 Å². The molecular formula is C14H16F2N2O4S. The Morgan fingerprint density at radius 3 is 2.22 bits per heavy atom. The van der Waals surface area contributed by atoms with Crippen LogP contribution in [0.1, 0.15) is 34.6 Å². The van der Waals surface area contributed by atoms with E-state index in [4.69, 9.17) is 0 Å². The van der Waals surface area contributed by atoms with E-state index in [0.29, 0.717) is 4.31 Å². The SMILES string of the molecule is CC(C)N(CC(F)F)S(=O)(=O)c1ccc2c(c1)C(=O)N(C)C2=O. The number of carbonyl (C=O) groups excluding carboxylic acids is 2. The Hall–Kier alpha value is -1.87. The van der Waals surface area contributed by atoms with Gasteiger partial charge in [-0.15, -0.1) is 0 Å². The van der Waals surface area contributed by atoms with Crippen molar-refractivity contribution in [3.05, 3.63) is 29.3 Å². The molecule has 9 heteroatoms. The van der Waals surface area contributed by atoms with Crippen LogP contribution in [-0.4, -0.2) is 55.5 Å². The number of rotatable bonds is 5. The highest BCUT2D eigenvalue weighted by Gasteiger charge is 2.36. The maximum absolute atomic E-state index is 12.7. The Balaban J connectivity index is 2.50. The lowest BCUT2D eigenvalue weighted by Crippen LogP contribution is -2.40. The Kier molecular flexibility index (Phi) is 4.54. The Morgan fingerprint density at radius 2 is 1.70 bits per heavy atom. The first-order valence-electron chi connectivity index (χ1n) is 6.83. The predicted octanol–water partition coefficient (Wildman–Crippen LogP) is 1.58. The average Bonchev–Trinajstić information content (AvgIpc) is 2.69. The molecule has 0 bridgehead atoms. The summed E-state index contributed by atoms with van der Waals surface area (Å²) in [5.41, 5.74) is 0.0562. The zero-order valence-electron chi connectivity index (χ0n) is 12.8. The minimum atomic E-state index is -4.20. The molecule has 0 aliphatic carbocycles. The molecule has 126 valence electrons. The minimum absolute atomic E-state index is 0.0423. The second kappa shape index (κ2) is 5.97. The van der Waals surface area contributed by atoms with E-state index < -0.39 is 40.8 Å². The highest BCUT2D eigenvalue weighted by atomic mass is 32.2. The van der Waals surface area contributed by atoms with Gasteiger partial charge in [-0.25, -0.2) is 17.2 Å². The fourth-order valence-electron chi connectivity index (χ4n) is 2.36. The summed E-state index contributed by atoms with van der Waals surface area (Å²) in [6, 6.07) is 2.77. The first-order chi connectivity index (χ1) is 10.6. The van der Waals surface area contributed by atoms with Gasteiger partial charge in [-0.1, -0.05) is 0 Å². The van der Waals surface area contributed by atoms with E-state index in [1.807, 2.05) is 0 Å². The molecule has 0 unspecified atom stereocenters. The summed E-state index contributed by atoms with van der Waals surface area (Å²) in [5, 5.41) is 0. The van der Waals surface area contributed by atoms with Gasteiger partial charge in [0.2, 0.25) is 10.0 Å². The van der Waals surface area contributed by atoms with Gasteiger partial charge >= 0.3 is 0 Å². The monoisotopic (exact) mass is 346 g/mol. The molecule has 1 aliphatic rings. The topological polar surface area (TPSA) is 74.8 Å². The lowest BCUT2D eigenvalue weighted by Gasteiger charge is -2.25. The maximum atomic E-state index is 12.7. The van der Waals surface area contributed by atoms with Crippen molar-refractivity contribution in [3.63, 3.8) is 0 Å². The highest BCUT2D eigenvalue weighted by Crippen LogP contribution is 2.27. The van der Waals surface area contributed by atoms with Gasteiger partial charge in [-0.3, -0.25) is 14.5 Å². The molecule has 0 radical (unpaired) electrons. The van der Waals surface area contributed by atoms with Crippen molar-refractivity contribution < 1.29 is 26.8 Å². The van der Waals surface area contributed by atoms with Crippen LogP contribution in [0.5, 0.6) is 0 Å². The highest BCUT2D eigenvalue weighted by molar-refractivity contribution is 7.89. The normalized spacial score (nSPS) is 15.2. The molecule has 1 aromatic carbocycles. The van der Waals surface area contributed by atoms with Crippen molar-refractivity contribution in [2.24, 2.45) is 0 Å². The molecule has 1 aliphatic heterocycles. The first kappa shape index (κ1) is 17.5. The van der Waals surface area contributed by atoms with Crippen molar-refractivity contribution >= 4 is 21.8 Å². The molecule has 6 nitrogen and oxygen atoms in total. The smallest absolute Gasteiger partial charge is 0.261 e. The number of nitrogens with zero attached hydrogens (tertiary/aromatic N) is 2. The summed E-state index contributed by atoms with van der Waals surface area (Å²) >= 11 is 0. The van der Waals surface area contributed by atoms with Crippen molar-refractivity contribution in [2.75, 3.05) is 13.6 Å². The van der Waals surface area contributed by atoms with E-state index in [2.05, 4.69) is 0 Å². The van der Waals surface area contributed by atoms with Gasteiger partial charge in [0.05, 0.1) is 22.6 Å². The molecule has 0 fully saturated rings. The molecule has 2 rings (SSSR count). The van der Waals surface area contributed by atoms with Gasteiger partial charge in [0, 0.05) is 13.1 Å². The molecule has 0 saturated carbocycles. The van der Waals surface area contributed by atoms with E-state index in [-0.39, 0.29) is 16.0 Å². The molecule has 0 saturated heterocycles. The standard InChI is InChI=1S/C14H16F2N2O4S/c1-8(2)18(7-12(15)16)23(21,22)9-4-5-10-11(6-9)14(20)17(3)13(10)19/h4-6,8,12H,7H2,1-3H3. The van der Waals surface area contributed by atoms with Gasteiger partial charge in [0.15, 0.2) is 0 Å². The number of sulfonamides is 1. The van der Waals surface area contributed by atoms with Crippen LogP contribution in [0, 0.1) is 0 Å². The van der Waals surface area contributed by atoms with Gasteiger partial charge in [0.25, 0.3) is 18.2 Å². The number of amides is 2. The summed E-state index contributed by atoms with van der Waals surface area (Å²) in [5.74, 6) is -1.14. The number of halogens is 2. The van der Waals surface area contributed by atoms with E-state index in [0.717, 1.165) is 17.0 Å². The number of fused-ring (bicyclic) bond motifs is 1. The van der Waals surface area contributed by atoms with Crippen LogP contribution in [0.4, 0.5) is 8.78 Å². The number of imide groups is 1. The fraction of sp³-hybridized carbons (Fsp3) is 0.429. The Labute approximate surface area is 132 Å². The van der Waals surface area contributed by atoms with Gasteiger partial charge in [-0.2, -0.15) is 4.31 Å². The molecule has 1 aromatic rings. The zero-order valence-corrected chi connectivity index (χ0v) is 13.6. The lowest BCUT2D eigenvalue weighted by atomic mass is 10.1. The molecule has 2 amide bonds. The third-order valence-corrected chi connectivity index (χ3v) is 5.60. The molecule has 0 N–H and O–H groups in total. The van der Waals surface area contributed by atoms with Crippen molar-refractivity contribution in [1.29, 1.82) is 0 Å². The second-order valence-corrected chi connectivity index (χ2v) is 7.33. The number of alkyl halides is 2. The quantitative estimate of drug-likeness (QED) is 0.759. The lowest BCUT2D eigenvalue weighted by molar-refractivity contribution is 0.0693.